The van der Waals surface area contributed by atoms with E-state index in [2.05, 4.69) is 40.0 Å². The van der Waals surface area contributed by atoms with E-state index in [4.69, 9.17) is 0 Å². The van der Waals surface area contributed by atoms with Crippen molar-refractivity contribution < 1.29 is 4.39 Å². The van der Waals surface area contributed by atoms with Crippen LogP contribution in [0.4, 0.5) is 10.1 Å². The third-order valence-electron chi connectivity index (χ3n) is 3.54. The summed E-state index contributed by atoms with van der Waals surface area (Å²) in [5.74, 6) is 1.20. The Balaban J connectivity index is 1.85. The molecular weight excluding hydrogens is 307 g/mol. The quantitative estimate of drug-likeness (QED) is 0.887. The Labute approximate surface area is 123 Å². The summed E-state index contributed by atoms with van der Waals surface area (Å²) >= 11 is 3.25. The molecule has 0 radical (unpaired) electrons. The molecule has 1 heterocycles. The number of hydrogen-bond acceptors (Lipinski definition) is 2. The van der Waals surface area contributed by atoms with E-state index in [1.165, 1.54) is 12.5 Å². The van der Waals surface area contributed by atoms with Crippen LogP contribution in [-0.4, -0.2) is 26.2 Å². The van der Waals surface area contributed by atoms with Crippen LogP contribution >= 0.6 is 15.9 Å². The van der Waals surface area contributed by atoms with E-state index in [0.29, 0.717) is 16.3 Å². The van der Waals surface area contributed by atoms with Gasteiger partial charge in [0.05, 0.1) is 4.47 Å². The Bertz CT molecular complexity index is 423. The van der Waals surface area contributed by atoms with Crippen molar-refractivity contribution in [2.24, 2.45) is 11.8 Å². The van der Waals surface area contributed by atoms with Crippen molar-refractivity contribution in [2.45, 2.75) is 20.3 Å². The number of halogens is 2. The summed E-state index contributed by atoms with van der Waals surface area (Å²) in [5.41, 5.74) is 1.11. The molecule has 4 heteroatoms. The van der Waals surface area contributed by atoms with Crippen LogP contribution in [0.15, 0.2) is 22.7 Å². The zero-order valence-electron chi connectivity index (χ0n) is 11.6. The van der Waals surface area contributed by atoms with E-state index < -0.39 is 0 Å². The molecule has 1 aliphatic heterocycles. The fraction of sp³-hybridized carbons (Fsp3) is 0.600. The van der Waals surface area contributed by atoms with Gasteiger partial charge in [-0.25, -0.2) is 4.39 Å². The van der Waals surface area contributed by atoms with Crippen LogP contribution in [0.1, 0.15) is 20.3 Å². The van der Waals surface area contributed by atoms with E-state index in [9.17, 15) is 4.39 Å². The fourth-order valence-electron chi connectivity index (χ4n) is 2.49. The van der Waals surface area contributed by atoms with Gasteiger partial charge in [0.15, 0.2) is 0 Å². The van der Waals surface area contributed by atoms with Gasteiger partial charge < -0.3 is 10.2 Å². The van der Waals surface area contributed by atoms with Crippen LogP contribution in [0.5, 0.6) is 0 Å². The molecule has 1 saturated heterocycles. The average molecular weight is 329 g/mol. The maximum atomic E-state index is 13.2. The Morgan fingerprint density at radius 3 is 2.95 bits per heavy atom. The number of nitrogens with zero attached hydrogens (tertiary/aromatic N) is 1. The molecule has 19 heavy (non-hydrogen) atoms. The Morgan fingerprint density at radius 2 is 2.26 bits per heavy atom. The van der Waals surface area contributed by atoms with Crippen molar-refractivity contribution >= 4 is 21.6 Å². The second-order valence-corrected chi connectivity index (χ2v) is 6.61. The molecule has 0 saturated carbocycles. The summed E-state index contributed by atoms with van der Waals surface area (Å²) in [6.45, 7) is 8.74. The van der Waals surface area contributed by atoms with E-state index in [0.717, 1.165) is 31.9 Å². The summed E-state index contributed by atoms with van der Waals surface area (Å²) < 4.78 is 13.8. The standard InChI is InChI=1S/C15H22BrFN2/c1-11(2)8-18-9-12-5-6-19(10-12)13-3-4-15(17)14(16)7-13/h3-4,7,11-12,18H,5-6,8-10H2,1-2H3. The SMILES string of the molecule is CC(C)CNCC1CCN(c2ccc(F)c(Br)c2)C1. The molecular formula is C15H22BrFN2. The highest BCUT2D eigenvalue weighted by molar-refractivity contribution is 9.10. The first-order valence-electron chi connectivity index (χ1n) is 6.97. The first-order chi connectivity index (χ1) is 9.06. The largest absolute Gasteiger partial charge is 0.371 e. The van der Waals surface area contributed by atoms with Crippen LogP contribution in [0.3, 0.4) is 0 Å². The van der Waals surface area contributed by atoms with Gasteiger partial charge in [-0.1, -0.05) is 13.8 Å². The maximum absolute atomic E-state index is 13.2. The molecule has 0 spiro atoms. The van der Waals surface area contributed by atoms with Crippen LogP contribution in [0.2, 0.25) is 0 Å². The Kier molecular flexibility index (Phi) is 5.22. The van der Waals surface area contributed by atoms with Gasteiger partial charge in [-0.05, 0) is 65.5 Å². The number of hydrogen-bond donors (Lipinski definition) is 1. The third kappa shape index (κ3) is 4.18. The lowest BCUT2D eigenvalue weighted by atomic mass is 10.1. The van der Waals surface area contributed by atoms with Gasteiger partial charge in [-0.2, -0.15) is 0 Å². The molecule has 0 aliphatic carbocycles. The Morgan fingerprint density at radius 1 is 1.47 bits per heavy atom. The zero-order chi connectivity index (χ0) is 13.8. The number of anilines is 1. The van der Waals surface area contributed by atoms with Gasteiger partial charge in [0, 0.05) is 18.8 Å². The van der Waals surface area contributed by atoms with Gasteiger partial charge in [-0.3, -0.25) is 0 Å². The normalized spacial score (nSPS) is 19.4. The molecule has 1 aromatic carbocycles. The number of benzene rings is 1. The van der Waals surface area contributed by atoms with Crippen LogP contribution < -0.4 is 10.2 Å². The number of rotatable bonds is 5. The fourth-order valence-corrected chi connectivity index (χ4v) is 2.86. The summed E-state index contributed by atoms with van der Waals surface area (Å²) in [6, 6.07) is 5.27. The smallest absolute Gasteiger partial charge is 0.137 e. The van der Waals surface area contributed by atoms with E-state index in [1.54, 1.807) is 0 Å². The minimum absolute atomic E-state index is 0.196. The van der Waals surface area contributed by atoms with Crippen molar-refractivity contribution in [3.63, 3.8) is 0 Å². The van der Waals surface area contributed by atoms with Gasteiger partial charge >= 0.3 is 0 Å². The second kappa shape index (κ2) is 6.71. The summed E-state index contributed by atoms with van der Waals surface area (Å²) in [5, 5.41) is 3.52. The molecule has 1 unspecified atom stereocenters. The Hall–Kier alpha value is -0.610. The van der Waals surface area contributed by atoms with E-state index >= 15 is 0 Å². The maximum Gasteiger partial charge on any atom is 0.137 e. The number of nitrogens with one attached hydrogen (secondary N) is 1. The van der Waals surface area contributed by atoms with Crippen molar-refractivity contribution in [1.82, 2.24) is 5.32 Å². The third-order valence-corrected chi connectivity index (χ3v) is 4.15. The first kappa shape index (κ1) is 14.8. The lowest BCUT2D eigenvalue weighted by Crippen LogP contribution is -2.28. The predicted molar refractivity (Wildman–Crippen MR) is 82.1 cm³/mol. The molecule has 2 nitrogen and oxygen atoms in total. The van der Waals surface area contributed by atoms with Crippen LogP contribution in [0, 0.1) is 17.7 Å². The first-order valence-corrected chi connectivity index (χ1v) is 7.76. The summed E-state index contributed by atoms with van der Waals surface area (Å²) in [6.07, 6.45) is 1.21. The lowest BCUT2D eigenvalue weighted by molar-refractivity contribution is 0.477. The second-order valence-electron chi connectivity index (χ2n) is 5.75. The molecule has 1 N–H and O–H groups in total. The van der Waals surface area contributed by atoms with Crippen molar-refractivity contribution in [2.75, 3.05) is 31.1 Å². The highest BCUT2D eigenvalue weighted by Gasteiger charge is 2.22. The molecule has 0 aromatic heterocycles. The summed E-state index contributed by atoms with van der Waals surface area (Å²) in [7, 11) is 0. The molecule has 0 bridgehead atoms. The van der Waals surface area contributed by atoms with Gasteiger partial charge in [0.1, 0.15) is 5.82 Å². The predicted octanol–water partition coefficient (Wildman–Crippen LogP) is 3.66. The highest BCUT2D eigenvalue weighted by atomic mass is 79.9. The molecule has 1 aromatic rings. The minimum Gasteiger partial charge on any atom is -0.371 e. The van der Waals surface area contributed by atoms with E-state index in [-0.39, 0.29) is 5.82 Å². The van der Waals surface area contributed by atoms with Gasteiger partial charge in [-0.15, -0.1) is 0 Å². The molecule has 1 aliphatic rings. The van der Waals surface area contributed by atoms with Crippen molar-refractivity contribution in [1.29, 1.82) is 0 Å². The van der Waals surface area contributed by atoms with Crippen LogP contribution in [-0.2, 0) is 0 Å². The van der Waals surface area contributed by atoms with Gasteiger partial charge in [0.2, 0.25) is 0 Å². The average Bonchev–Trinajstić information content (AvgIpc) is 2.81. The van der Waals surface area contributed by atoms with Gasteiger partial charge in [0.25, 0.3) is 0 Å². The molecule has 2 rings (SSSR count). The summed E-state index contributed by atoms with van der Waals surface area (Å²) in [4.78, 5) is 2.34. The molecule has 106 valence electrons. The topological polar surface area (TPSA) is 15.3 Å². The zero-order valence-corrected chi connectivity index (χ0v) is 13.2. The van der Waals surface area contributed by atoms with Crippen molar-refractivity contribution in [3.05, 3.63) is 28.5 Å². The van der Waals surface area contributed by atoms with Crippen molar-refractivity contribution in [3.8, 4) is 0 Å². The monoisotopic (exact) mass is 328 g/mol. The van der Waals surface area contributed by atoms with Crippen LogP contribution in [0.25, 0.3) is 0 Å². The molecule has 1 fully saturated rings. The lowest BCUT2D eigenvalue weighted by Gasteiger charge is -2.19. The molecule has 0 amide bonds. The molecule has 1 atom stereocenters. The highest BCUT2D eigenvalue weighted by Crippen LogP contribution is 2.27. The minimum atomic E-state index is -0.196. The van der Waals surface area contributed by atoms with E-state index in [1.807, 2.05) is 12.1 Å².